The molecular weight excluding hydrogens is 354 g/mol. The minimum Gasteiger partial charge on any atom is -0.495 e. The Kier molecular flexibility index (Phi) is 5.99. The lowest BCUT2D eigenvalue weighted by Crippen LogP contribution is -2.15. The molecule has 0 aliphatic rings. The van der Waals surface area contributed by atoms with Crippen molar-refractivity contribution >= 4 is 11.6 Å². The van der Waals surface area contributed by atoms with Crippen LogP contribution < -0.4 is 14.8 Å². The third-order valence-electron chi connectivity index (χ3n) is 4.39. The molecule has 28 heavy (non-hydrogen) atoms. The Bertz CT molecular complexity index is 946. The number of carbonyl (C=O) groups excluding carboxylic acids is 1. The lowest BCUT2D eigenvalue weighted by Gasteiger charge is -2.10. The summed E-state index contributed by atoms with van der Waals surface area (Å²) in [5.74, 6) is 1.54. The number of benzene rings is 2. The van der Waals surface area contributed by atoms with Gasteiger partial charge in [0.25, 0.3) is 5.91 Å². The monoisotopic (exact) mass is 379 g/mol. The molecule has 3 rings (SSSR count). The molecule has 146 valence electrons. The lowest BCUT2D eigenvalue weighted by molar-refractivity contribution is 0.102. The Hall–Kier alpha value is -3.28. The molecule has 0 aliphatic heterocycles. The maximum atomic E-state index is 12.5. The lowest BCUT2D eigenvalue weighted by atomic mass is 10.0. The van der Waals surface area contributed by atoms with Crippen molar-refractivity contribution < 1.29 is 14.3 Å². The van der Waals surface area contributed by atoms with Crippen LogP contribution in [-0.2, 0) is 6.73 Å². The van der Waals surface area contributed by atoms with Crippen molar-refractivity contribution in [3.8, 4) is 11.5 Å². The van der Waals surface area contributed by atoms with E-state index in [0.717, 1.165) is 11.3 Å². The molecule has 0 unspecified atom stereocenters. The van der Waals surface area contributed by atoms with Gasteiger partial charge in [0.1, 0.15) is 11.5 Å². The zero-order valence-corrected chi connectivity index (χ0v) is 16.6. The second-order valence-corrected chi connectivity index (χ2v) is 6.90. The summed E-state index contributed by atoms with van der Waals surface area (Å²) in [4.78, 5) is 12.5. The zero-order chi connectivity index (χ0) is 20.1. The van der Waals surface area contributed by atoms with Crippen LogP contribution in [0.25, 0.3) is 0 Å². The number of carbonyl (C=O) groups is 1. The van der Waals surface area contributed by atoms with E-state index in [4.69, 9.17) is 9.47 Å². The molecule has 1 heterocycles. The van der Waals surface area contributed by atoms with Crippen molar-refractivity contribution in [1.29, 1.82) is 0 Å². The first-order valence-corrected chi connectivity index (χ1v) is 9.18. The van der Waals surface area contributed by atoms with E-state index in [0.29, 0.717) is 23.0 Å². The van der Waals surface area contributed by atoms with E-state index >= 15 is 0 Å². The van der Waals surface area contributed by atoms with Gasteiger partial charge in [-0.2, -0.15) is 5.10 Å². The number of nitrogens with one attached hydrogen (secondary N) is 1. The predicted molar refractivity (Wildman–Crippen MR) is 109 cm³/mol. The maximum Gasteiger partial charge on any atom is 0.276 e. The number of aryl methyl sites for hydroxylation is 1. The molecular formula is C22H25N3O3. The molecule has 1 aromatic heterocycles. The largest absolute Gasteiger partial charge is 0.495 e. The fraction of sp³-hybridized carbons (Fsp3) is 0.273. The summed E-state index contributed by atoms with van der Waals surface area (Å²) < 4.78 is 12.6. The molecule has 0 bridgehead atoms. The second kappa shape index (κ2) is 8.61. The van der Waals surface area contributed by atoms with Crippen molar-refractivity contribution in [2.24, 2.45) is 0 Å². The minimum atomic E-state index is -0.302. The van der Waals surface area contributed by atoms with Gasteiger partial charge in [0.05, 0.1) is 12.8 Å². The van der Waals surface area contributed by atoms with Crippen LogP contribution in [0.1, 0.15) is 41.4 Å². The summed E-state index contributed by atoms with van der Waals surface area (Å²) in [7, 11) is 1.57. The normalized spacial score (nSPS) is 10.8. The van der Waals surface area contributed by atoms with Gasteiger partial charge in [0, 0.05) is 6.20 Å². The summed E-state index contributed by atoms with van der Waals surface area (Å²) in [6.45, 7) is 6.48. The van der Waals surface area contributed by atoms with Gasteiger partial charge in [-0.3, -0.25) is 4.79 Å². The standard InChI is InChI=1S/C22H25N3O3/c1-15(2)17-6-8-18(9-7-17)28-14-25-12-11-19(24-25)22(26)23-20-13-16(3)5-10-21(20)27-4/h5-13,15H,14H2,1-4H3,(H,23,26). The molecule has 1 amide bonds. The van der Waals surface area contributed by atoms with Gasteiger partial charge in [0.15, 0.2) is 12.4 Å². The number of nitrogens with zero attached hydrogens (tertiary/aromatic N) is 2. The van der Waals surface area contributed by atoms with Crippen molar-refractivity contribution in [1.82, 2.24) is 9.78 Å². The number of rotatable bonds is 7. The Balaban J connectivity index is 1.62. The molecule has 6 nitrogen and oxygen atoms in total. The summed E-state index contributed by atoms with van der Waals surface area (Å²) in [6, 6.07) is 15.2. The number of hydrogen-bond acceptors (Lipinski definition) is 4. The van der Waals surface area contributed by atoms with Gasteiger partial charge in [-0.05, 0) is 54.3 Å². The molecule has 0 aliphatic carbocycles. The van der Waals surface area contributed by atoms with E-state index in [1.54, 1.807) is 24.1 Å². The molecule has 3 aromatic rings. The van der Waals surface area contributed by atoms with Crippen LogP contribution in [0.3, 0.4) is 0 Å². The smallest absolute Gasteiger partial charge is 0.276 e. The number of aromatic nitrogens is 2. The Morgan fingerprint density at radius 2 is 1.89 bits per heavy atom. The van der Waals surface area contributed by atoms with Gasteiger partial charge < -0.3 is 14.8 Å². The van der Waals surface area contributed by atoms with Gasteiger partial charge in [-0.25, -0.2) is 4.68 Å². The summed E-state index contributed by atoms with van der Waals surface area (Å²) in [5, 5.41) is 7.13. The molecule has 0 spiro atoms. The van der Waals surface area contributed by atoms with Crippen LogP contribution >= 0.6 is 0 Å². The average Bonchev–Trinajstić information content (AvgIpc) is 3.16. The highest BCUT2D eigenvalue weighted by Gasteiger charge is 2.13. The van der Waals surface area contributed by atoms with E-state index < -0.39 is 0 Å². The molecule has 6 heteroatoms. The number of hydrogen-bond donors (Lipinski definition) is 1. The molecule has 0 saturated heterocycles. The van der Waals surface area contributed by atoms with Crippen LogP contribution in [0.15, 0.2) is 54.7 Å². The summed E-state index contributed by atoms with van der Waals surface area (Å²) in [5.41, 5.74) is 3.21. The number of anilines is 1. The highest BCUT2D eigenvalue weighted by Crippen LogP contribution is 2.25. The third-order valence-corrected chi connectivity index (χ3v) is 4.39. The third kappa shape index (κ3) is 4.71. The SMILES string of the molecule is COc1ccc(C)cc1NC(=O)c1ccn(COc2ccc(C(C)C)cc2)n1. The molecule has 0 saturated carbocycles. The van der Waals surface area contributed by atoms with E-state index in [1.807, 2.05) is 37.3 Å². The van der Waals surface area contributed by atoms with E-state index in [2.05, 4.69) is 36.4 Å². The zero-order valence-electron chi connectivity index (χ0n) is 16.6. The maximum absolute atomic E-state index is 12.5. The second-order valence-electron chi connectivity index (χ2n) is 6.90. The first-order chi connectivity index (χ1) is 13.5. The summed E-state index contributed by atoms with van der Waals surface area (Å²) >= 11 is 0. The number of amides is 1. The van der Waals surface area contributed by atoms with Crippen molar-refractivity contribution in [3.05, 3.63) is 71.5 Å². The fourth-order valence-electron chi connectivity index (χ4n) is 2.75. The molecule has 0 atom stereocenters. The summed E-state index contributed by atoms with van der Waals surface area (Å²) in [6.07, 6.45) is 1.71. The highest BCUT2D eigenvalue weighted by atomic mass is 16.5. The molecule has 2 aromatic carbocycles. The van der Waals surface area contributed by atoms with Gasteiger partial charge in [-0.15, -0.1) is 0 Å². The van der Waals surface area contributed by atoms with Crippen LogP contribution in [0, 0.1) is 6.92 Å². The van der Waals surface area contributed by atoms with Crippen molar-refractivity contribution in [3.63, 3.8) is 0 Å². The topological polar surface area (TPSA) is 65.4 Å². The first-order valence-electron chi connectivity index (χ1n) is 9.18. The van der Waals surface area contributed by atoms with Gasteiger partial charge in [0.2, 0.25) is 0 Å². The highest BCUT2D eigenvalue weighted by molar-refractivity contribution is 6.03. The Morgan fingerprint density at radius 3 is 2.57 bits per heavy atom. The van der Waals surface area contributed by atoms with E-state index in [-0.39, 0.29) is 12.6 Å². The van der Waals surface area contributed by atoms with Crippen LogP contribution in [0.2, 0.25) is 0 Å². The minimum absolute atomic E-state index is 0.224. The quantitative estimate of drug-likeness (QED) is 0.651. The Morgan fingerprint density at radius 1 is 1.14 bits per heavy atom. The molecule has 1 N–H and O–H groups in total. The van der Waals surface area contributed by atoms with E-state index in [1.165, 1.54) is 5.56 Å². The molecule has 0 radical (unpaired) electrons. The fourth-order valence-corrected chi connectivity index (χ4v) is 2.75. The average molecular weight is 379 g/mol. The Labute approximate surface area is 165 Å². The van der Waals surface area contributed by atoms with Gasteiger partial charge >= 0.3 is 0 Å². The van der Waals surface area contributed by atoms with Crippen LogP contribution in [0.5, 0.6) is 11.5 Å². The van der Waals surface area contributed by atoms with Crippen LogP contribution in [0.4, 0.5) is 5.69 Å². The van der Waals surface area contributed by atoms with Crippen molar-refractivity contribution in [2.75, 3.05) is 12.4 Å². The molecule has 0 fully saturated rings. The van der Waals surface area contributed by atoms with Gasteiger partial charge in [-0.1, -0.05) is 32.0 Å². The first kappa shape index (κ1) is 19.5. The van der Waals surface area contributed by atoms with E-state index in [9.17, 15) is 4.79 Å². The van der Waals surface area contributed by atoms with Crippen molar-refractivity contribution in [2.45, 2.75) is 33.4 Å². The van der Waals surface area contributed by atoms with Crippen LogP contribution in [-0.4, -0.2) is 22.8 Å². The number of ether oxygens (including phenoxy) is 2. The predicted octanol–water partition coefficient (Wildman–Crippen LogP) is 4.61. The number of methoxy groups -OCH3 is 1.